The van der Waals surface area contributed by atoms with Gasteiger partial charge in [-0.1, -0.05) is 52.9 Å². The summed E-state index contributed by atoms with van der Waals surface area (Å²) in [4.78, 5) is 2.49. The minimum absolute atomic E-state index is 0. The molecule has 2 unspecified atom stereocenters. The van der Waals surface area contributed by atoms with Crippen molar-refractivity contribution in [1.29, 1.82) is 0 Å². The van der Waals surface area contributed by atoms with E-state index in [9.17, 15) is 0 Å². The van der Waals surface area contributed by atoms with E-state index in [1.165, 1.54) is 24.9 Å². The summed E-state index contributed by atoms with van der Waals surface area (Å²) in [7, 11) is 0. The van der Waals surface area contributed by atoms with Crippen molar-refractivity contribution in [2.45, 2.75) is 22.9 Å². The highest BCUT2D eigenvalue weighted by Gasteiger charge is 2.24. The number of nitrogens with one attached hydrogen (secondary N) is 1. The number of likely N-dealkylation sites (tertiary alicyclic amines) is 1. The van der Waals surface area contributed by atoms with Gasteiger partial charge in [-0.15, -0.1) is 12.4 Å². The third-order valence-corrected chi connectivity index (χ3v) is 4.59. The van der Waals surface area contributed by atoms with Crippen LogP contribution >= 0.6 is 35.0 Å². The number of benzene rings is 1. The van der Waals surface area contributed by atoms with Gasteiger partial charge in [0.2, 0.25) is 0 Å². The van der Waals surface area contributed by atoms with Gasteiger partial charge in [0, 0.05) is 12.6 Å². The third kappa shape index (κ3) is 4.06. The van der Waals surface area contributed by atoms with Gasteiger partial charge < -0.3 is 0 Å². The molecule has 1 heterocycles. The van der Waals surface area contributed by atoms with E-state index in [4.69, 9.17) is 5.84 Å². The molecule has 2 atom stereocenters. The second kappa shape index (κ2) is 7.53. The van der Waals surface area contributed by atoms with Crippen LogP contribution in [0, 0.1) is 0 Å². The molecule has 0 spiro atoms. The van der Waals surface area contributed by atoms with Crippen LogP contribution in [0.1, 0.15) is 22.5 Å². The molecule has 1 saturated heterocycles. The van der Waals surface area contributed by atoms with Crippen molar-refractivity contribution in [1.82, 2.24) is 10.3 Å². The number of halogens is 2. The van der Waals surface area contributed by atoms with Crippen LogP contribution in [-0.2, 0) is 0 Å². The van der Waals surface area contributed by atoms with Gasteiger partial charge >= 0.3 is 0 Å². The van der Waals surface area contributed by atoms with E-state index >= 15 is 0 Å². The second-order valence-electron chi connectivity index (χ2n) is 4.25. The molecule has 17 heavy (non-hydrogen) atoms. The summed E-state index contributed by atoms with van der Waals surface area (Å²) in [5.41, 5.74) is 4.27. The van der Waals surface area contributed by atoms with Crippen LogP contribution in [-0.4, -0.2) is 24.0 Å². The predicted octanol–water partition coefficient (Wildman–Crippen LogP) is 2.47. The summed E-state index contributed by atoms with van der Waals surface area (Å²) in [6, 6.07) is 11.1. The summed E-state index contributed by atoms with van der Waals surface area (Å²) in [6.07, 6.45) is 2.41. The van der Waals surface area contributed by atoms with Crippen molar-refractivity contribution in [3.63, 3.8) is 0 Å². The van der Waals surface area contributed by atoms with Crippen molar-refractivity contribution in [2.75, 3.05) is 13.1 Å². The molecule has 0 amide bonds. The number of nitrogens with zero attached hydrogens (tertiary/aromatic N) is 1. The van der Waals surface area contributed by atoms with E-state index in [2.05, 4.69) is 63.2 Å². The number of alkyl halides is 1. The average Bonchev–Trinajstić information content (AvgIpc) is 2.39. The Kier molecular flexibility index (Phi) is 6.72. The fourth-order valence-corrected chi connectivity index (χ4v) is 3.09. The fourth-order valence-electron chi connectivity index (χ4n) is 2.17. The summed E-state index contributed by atoms with van der Waals surface area (Å²) in [5, 5.41) is 0. The molecular formula is C12H19ClIN3. The highest BCUT2D eigenvalue weighted by atomic mass is 127. The molecular weight excluding hydrogens is 349 g/mol. The summed E-state index contributed by atoms with van der Waals surface area (Å²) < 4.78 is 0.454. The van der Waals surface area contributed by atoms with Gasteiger partial charge in [0.25, 0.3) is 0 Å². The Bertz CT molecular complexity index is 323. The third-order valence-electron chi connectivity index (χ3n) is 3.08. The highest BCUT2D eigenvalue weighted by molar-refractivity contribution is 14.1. The lowest BCUT2D eigenvalue weighted by Gasteiger charge is -2.35. The largest absolute Gasteiger partial charge is 0.286 e. The Morgan fingerprint density at radius 3 is 2.71 bits per heavy atom. The van der Waals surface area contributed by atoms with Crippen LogP contribution in [0.3, 0.4) is 0 Å². The van der Waals surface area contributed by atoms with Crippen LogP contribution in [0.4, 0.5) is 0 Å². The lowest BCUT2D eigenvalue weighted by molar-refractivity contribution is 0.186. The van der Waals surface area contributed by atoms with Crippen molar-refractivity contribution in [3.8, 4) is 0 Å². The number of piperidine rings is 1. The van der Waals surface area contributed by atoms with Crippen LogP contribution in [0.2, 0.25) is 0 Å². The average molecular weight is 368 g/mol. The van der Waals surface area contributed by atoms with Crippen molar-refractivity contribution >= 4 is 35.0 Å². The van der Waals surface area contributed by atoms with Crippen molar-refractivity contribution < 1.29 is 0 Å². The Morgan fingerprint density at radius 1 is 1.35 bits per heavy atom. The first-order valence-corrected chi connectivity index (χ1v) is 6.95. The zero-order chi connectivity index (χ0) is 11.4. The van der Waals surface area contributed by atoms with E-state index in [1.54, 1.807) is 0 Å². The maximum atomic E-state index is 5.53. The molecule has 1 aliphatic rings. The molecule has 2 rings (SSSR count). The van der Waals surface area contributed by atoms with Crippen molar-refractivity contribution in [2.24, 2.45) is 5.84 Å². The van der Waals surface area contributed by atoms with E-state index in [0.717, 1.165) is 6.54 Å². The number of nitrogens with two attached hydrogens (primary N) is 1. The van der Waals surface area contributed by atoms with Gasteiger partial charge in [0.15, 0.2) is 0 Å². The molecule has 3 N–H and O–H groups in total. The summed E-state index contributed by atoms with van der Waals surface area (Å²) >= 11 is 2.51. The molecule has 0 aromatic heterocycles. The minimum atomic E-state index is 0. The molecule has 0 aliphatic carbocycles. The standard InChI is InChI=1S/C12H18IN3.ClH/c13-12(10-5-2-1-3-6-10)16-8-4-7-11(9-16)15-14;/h1-3,5-6,11-12,15H,4,7-9,14H2;1H. The SMILES string of the molecule is Cl.NNC1CCCN(C(I)c2ccccc2)C1. The van der Waals surface area contributed by atoms with Gasteiger partial charge in [-0.2, -0.15) is 0 Å². The lowest BCUT2D eigenvalue weighted by Crippen LogP contribution is -2.48. The molecule has 96 valence electrons. The Balaban J connectivity index is 0.00000144. The summed E-state index contributed by atoms with van der Waals surface area (Å²) in [6.45, 7) is 2.21. The van der Waals surface area contributed by atoms with Crippen LogP contribution < -0.4 is 11.3 Å². The molecule has 3 nitrogen and oxygen atoms in total. The first-order chi connectivity index (χ1) is 7.81. The monoisotopic (exact) mass is 367 g/mol. The van der Waals surface area contributed by atoms with Crippen LogP contribution in [0.15, 0.2) is 30.3 Å². The molecule has 0 radical (unpaired) electrons. The maximum absolute atomic E-state index is 5.53. The number of hydrogen-bond acceptors (Lipinski definition) is 3. The molecule has 5 heteroatoms. The van der Waals surface area contributed by atoms with E-state index in [-0.39, 0.29) is 12.4 Å². The van der Waals surface area contributed by atoms with Crippen LogP contribution in [0.5, 0.6) is 0 Å². The van der Waals surface area contributed by atoms with E-state index in [1.807, 2.05) is 0 Å². The van der Waals surface area contributed by atoms with Gasteiger partial charge in [0.05, 0.1) is 4.05 Å². The van der Waals surface area contributed by atoms with Gasteiger partial charge in [-0.25, -0.2) is 0 Å². The molecule has 0 saturated carbocycles. The molecule has 1 aliphatic heterocycles. The normalized spacial score (nSPS) is 22.8. The number of hydrazine groups is 1. The Hall–Kier alpha value is 0.120. The first-order valence-electron chi connectivity index (χ1n) is 5.70. The Labute approximate surface area is 123 Å². The topological polar surface area (TPSA) is 41.3 Å². The number of hydrogen-bond donors (Lipinski definition) is 2. The molecule has 1 fully saturated rings. The molecule has 1 aromatic carbocycles. The maximum Gasteiger partial charge on any atom is 0.0874 e. The smallest absolute Gasteiger partial charge is 0.0874 e. The lowest BCUT2D eigenvalue weighted by atomic mass is 10.1. The first kappa shape index (κ1) is 15.2. The molecule has 1 aromatic rings. The quantitative estimate of drug-likeness (QED) is 0.283. The fraction of sp³-hybridized carbons (Fsp3) is 0.500. The zero-order valence-electron chi connectivity index (χ0n) is 9.68. The Morgan fingerprint density at radius 2 is 2.06 bits per heavy atom. The van der Waals surface area contributed by atoms with Crippen molar-refractivity contribution in [3.05, 3.63) is 35.9 Å². The summed E-state index contributed by atoms with van der Waals surface area (Å²) in [5.74, 6) is 5.53. The highest BCUT2D eigenvalue weighted by Crippen LogP contribution is 2.29. The van der Waals surface area contributed by atoms with E-state index in [0.29, 0.717) is 10.1 Å². The van der Waals surface area contributed by atoms with Crippen LogP contribution in [0.25, 0.3) is 0 Å². The minimum Gasteiger partial charge on any atom is -0.286 e. The molecule has 0 bridgehead atoms. The second-order valence-corrected chi connectivity index (χ2v) is 5.43. The van der Waals surface area contributed by atoms with Gasteiger partial charge in [-0.3, -0.25) is 16.2 Å². The van der Waals surface area contributed by atoms with E-state index < -0.39 is 0 Å². The van der Waals surface area contributed by atoms with Gasteiger partial charge in [0.1, 0.15) is 0 Å². The predicted molar refractivity (Wildman–Crippen MR) is 82.4 cm³/mol. The van der Waals surface area contributed by atoms with Gasteiger partial charge in [-0.05, 0) is 24.9 Å². The number of rotatable bonds is 3. The zero-order valence-corrected chi connectivity index (χ0v) is 12.7.